The molecule has 3 atom stereocenters. The van der Waals surface area contributed by atoms with Crippen LogP contribution in [0.15, 0.2) is 60.9 Å². The maximum atomic E-state index is 12.7. The van der Waals surface area contributed by atoms with Crippen molar-refractivity contribution in [3.05, 3.63) is 60.9 Å². The minimum atomic E-state index is -0.103. The summed E-state index contributed by atoms with van der Waals surface area (Å²) in [6, 6.07) is 17.5. The van der Waals surface area contributed by atoms with Gasteiger partial charge in [0.25, 0.3) is 5.91 Å². The highest BCUT2D eigenvalue weighted by molar-refractivity contribution is 5.98. The monoisotopic (exact) mass is 478 g/mol. The van der Waals surface area contributed by atoms with Gasteiger partial charge in [-0.3, -0.25) is 4.79 Å². The molecule has 6 rings (SSSR count). The average molecular weight is 479 g/mol. The summed E-state index contributed by atoms with van der Waals surface area (Å²) in [6.07, 6.45) is 4.03. The van der Waals surface area contributed by atoms with Crippen LogP contribution in [-0.4, -0.2) is 43.1 Å². The third-order valence-electron chi connectivity index (χ3n) is 7.02. The SMILES string of the molecule is CCC#CC(=O)N1CC2CC1C(n1nc(-c3ccc(Oc4ccccc4)cc3)c3c(N)ncnc31)C2. The number of para-hydroxylation sites is 1. The van der Waals surface area contributed by atoms with Crippen molar-refractivity contribution < 1.29 is 9.53 Å². The predicted molar refractivity (Wildman–Crippen MR) is 137 cm³/mol. The van der Waals surface area contributed by atoms with E-state index in [1.165, 1.54) is 6.33 Å². The van der Waals surface area contributed by atoms with Crippen LogP contribution >= 0.6 is 0 Å². The molecule has 36 heavy (non-hydrogen) atoms. The summed E-state index contributed by atoms with van der Waals surface area (Å²) < 4.78 is 7.89. The van der Waals surface area contributed by atoms with Crippen molar-refractivity contribution >= 4 is 22.8 Å². The Labute approximate surface area is 209 Å². The number of piperidine rings is 1. The van der Waals surface area contributed by atoms with Gasteiger partial charge in [0.1, 0.15) is 29.3 Å². The number of anilines is 1. The second kappa shape index (κ2) is 9.00. The molecule has 8 nitrogen and oxygen atoms in total. The zero-order valence-electron chi connectivity index (χ0n) is 20.0. The average Bonchev–Trinajstić information content (AvgIpc) is 3.62. The Bertz CT molecular complexity index is 1490. The fraction of sp³-hybridized carbons (Fsp3) is 0.286. The molecule has 1 amide bonds. The molecule has 2 bridgehead atoms. The molecule has 2 N–H and O–H groups in total. The summed E-state index contributed by atoms with van der Waals surface area (Å²) in [6.45, 7) is 2.70. The molecule has 4 aromatic rings. The first-order chi connectivity index (χ1) is 17.6. The zero-order chi connectivity index (χ0) is 24.6. The first kappa shape index (κ1) is 22.1. The molecule has 2 fully saturated rings. The normalized spacial score (nSPS) is 20.4. The lowest BCUT2D eigenvalue weighted by Gasteiger charge is -2.32. The van der Waals surface area contributed by atoms with Crippen molar-refractivity contribution in [3.8, 4) is 34.6 Å². The van der Waals surface area contributed by atoms with Gasteiger partial charge in [-0.25, -0.2) is 14.6 Å². The van der Waals surface area contributed by atoms with Crippen LogP contribution < -0.4 is 10.5 Å². The van der Waals surface area contributed by atoms with Crippen LogP contribution in [0.3, 0.4) is 0 Å². The van der Waals surface area contributed by atoms with Crippen molar-refractivity contribution in [2.75, 3.05) is 12.3 Å². The van der Waals surface area contributed by atoms with Crippen LogP contribution in [0, 0.1) is 17.8 Å². The molecule has 0 radical (unpaired) electrons. The van der Waals surface area contributed by atoms with Crippen LogP contribution in [0.25, 0.3) is 22.3 Å². The van der Waals surface area contributed by atoms with E-state index in [1.807, 2.05) is 71.1 Å². The summed E-state index contributed by atoms with van der Waals surface area (Å²) in [5, 5.41) is 5.73. The second-order valence-corrected chi connectivity index (χ2v) is 9.28. The highest BCUT2D eigenvalue weighted by atomic mass is 16.5. The van der Waals surface area contributed by atoms with Gasteiger partial charge in [-0.05, 0) is 61.1 Å². The minimum absolute atomic E-state index is 0.0161. The fourth-order valence-corrected chi connectivity index (χ4v) is 5.46. The van der Waals surface area contributed by atoms with Gasteiger partial charge in [0.2, 0.25) is 0 Å². The number of hydrogen-bond acceptors (Lipinski definition) is 6. The summed E-state index contributed by atoms with van der Waals surface area (Å²) in [7, 11) is 0. The van der Waals surface area contributed by atoms with E-state index >= 15 is 0 Å². The van der Waals surface area contributed by atoms with E-state index in [9.17, 15) is 4.79 Å². The maximum absolute atomic E-state index is 12.7. The Morgan fingerprint density at radius 3 is 2.56 bits per heavy atom. The number of fused-ring (bicyclic) bond motifs is 3. The number of nitrogens with two attached hydrogens (primary N) is 1. The molecule has 3 unspecified atom stereocenters. The summed E-state index contributed by atoms with van der Waals surface area (Å²) in [5.41, 5.74) is 8.64. The minimum Gasteiger partial charge on any atom is -0.457 e. The number of carbonyl (C=O) groups excluding carboxylic acids is 1. The fourth-order valence-electron chi connectivity index (χ4n) is 5.46. The van der Waals surface area contributed by atoms with Gasteiger partial charge < -0.3 is 15.4 Å². The number of carbonyl (C=O) groups is 1. The first-order valence-electron chi connectivity index (χ1n) is 12.2. The number of nitrogen functional groups attached to an aromatic ring is 1. The molecule has 0 spiro atoms. The van der Waals surface area contributed by atoms with Gasteiger partial charge in [0, 0.05) is 18.5 Å². The zero-order valence-corrected chi connectivity index (χ0v) is 20.0. The van der Waals surface area contributed by atoms with Crippen molar-refractivity contribution in [2.24, 2.45) is 5.92 Å². The third kappa shape index (κ3) is 3.83. The molecule has 1 aliphatic heterocycles. The number of hydrogen-bond donors (Lipinski definition) is 1. The summed E-state index contributed by atoms with van der Waals surface area (Å²) in [4.78, 5) is 23.5. The quantitative estimate of drug-likeness (QED) is 0.435. The van der Waals surface area contributed by atoms with Gasteiger partial charge in [-0.1, -0.05) is 31.0 Å². The lowest BCUT2D eigenvalue weighted by Crippen LogP contribution is -2.42. The van der Waals surface area contributed by atoms with Crippen LogP contribution in [0.1, 0.15) is 32.2 Å². The number of rotatable bonds is 4. The highest BCUT2D eigenvalue weighted by Gasteiger charge is 2.48. The molecule has 2 aliphatic rings. The molecule has 1 saturated heterocycles. The molecule has 3 heterocycles. The molecule has 2 aromatic heterocycles. The second-order valence-electron chi connectivity index (χ2n) is 9.28. The Balaban J connectivity index is 1.35. The van der Waals surface area contributed by atoms with Crippen molar-refractivity contribution in [2.45, 2.75) is 38.3 Å². The van der Waals surface area contributed by atoms with Crippen LogP contribution in [0.5, 0.6) is 11.5 Å². The first-order valence-corrected chi connectivity index (χ1v) is 12.2. The topological polar surface area (TPSA) is 99.2 Å². The van der Waals surface area contributed by atoms with Gasteiger partial charge >= 0.3 is 0 Å². The number of ether oxygens (including phenoxy) is 1. The smallest absolute Gasteiger partial charge is 0.298 e. The number of amides is 1. The van der Waals surface area contributed by atoms with Gasteiger partial charge in [0.05, 0.1) is 17.5 Å². The molecule has 1 aliphatic carbocycles. The summed E-state index contributed by atoms with van der Waals surface area (Å²) >= 11 is 0. The predicted octanol–water partition coefficient (Wildman–Crippen LogP) is 4.44. The molecule has 180 valence electrons. The molecular formula is C28H26N6O2. The van der Waals surface area contributed by atoms with Gasteiger partial charge in [-0.15, -0.1) is 0 Å². The number of benzene rings is 2. The number of aromatic nitrogens is 4. The van der Waals surface area contributed by atoms with E-state index < -0.39 is 0 Å². The molecule has 8 heteroatoms. The van der Waals surface area contributed by atoms with E-state index in [2.05, 4.69) is 21.8 Å². The lowest BCUT2D eigenvalue weighted by molar-refractivity contribution is -0.127. The van der Waals surface area contributed by atoms with Gasteiger partial charge in [-0.2, -0.15) is 5.10 Å². The number of nitrogens with zero attached hydrogens (tertiary/aromatic N) is 5. The van der Waals surface area contributed by atoms with E-state index in [1.54, 1.807) is 0 Å². The Kier molecular flexibility index (Phi) is 5.53. The Morgan fingerprint density at radius 1 is 1.06 bits per heavy atom. The third-order valence-corrected chi connectivity index (χ3v) is 7.02. The van der Waals surface area contributed by atoms with Crippen LogP contribution in [0.4, 0.5) is 5.82 Å². The molecular weight excluding hydrogens is 452 g/mol. The largest absolute Gasteiger partial charge is 0.457 e. The van der Waals surface area contributed by atoms with Crippen LogP contribution in [-0.2, 0) is 4.79 Å². The van der Waals surface area contributed by atoms with E-state index in [-0.39, 0.29) is 18.0 Å². The van der Waals surface area contributed by atoms with E-state index in [0.29, 0.717) is 23.8 Å². The van der Waals surface area contributed by atoms with E-state index in [0.717, 1.165) is 47.5 Å². The maximum Gasteiger partial charge on any atom is 0.298 e. The van der Waals surface area contributed by atoms with Gasteiger partial charge in [0.15, 0.2) is 5.65 Å². The highest BCUT2D eigenvalue weighted by Crippen LogP contribution is 2.46. The van der Waals surface area contributed by atoms with Crippen molar-refractivity contribution in [1.29, 1.82) is 0 Å². The Morgan fingerprint density at radius 2 is 1.81 bits per heavy atom. The van der Waals surface area contributed by atoms with Crippen LogP contribution in [0.2, 0.25) is 0 Å². The molecule has 2 aromatic carbocycles. The lowest BCUT2D eigenvalue weighted by atomic mass is 10.1. The van der Waals surface area contributed by atoms with E-state index in [4.69, 9.17) is 15.6 Å². The Hall–Kier alpha value is -4.38. The van der Waals surface area contributed by atoms with Crippen molar-refractivity contribution in [1.82, 2.24) is 24.6 Å². The van der Waals surface area contributed by atoms with Crippen molar-refractivity contribution in [3.63, 3.8) is 0 Å². The molecule has 1 saturated carbocycles. The summed E-state index contributed by atoms with van der Waals surface area (Å²) in [5.74, 6) is 7.91. The standard InChI is InChI=1S/C28H26N6O2/c1-2-3-9-24(35)33-16-18-14-22(33)23(15-18)34-28-25(27(29)30-17-31-28)26(32-34)19-10-12-21(13-11-19)36-20-7-5-4-6-8-20/h4-8,10-13,17-18,22-23H,2,14-16H2,1H3,(H2,29,30,31). The number of likely N-dealkylation sites (tertiary alicyclic amines) is 1.